The van der Waals surface area contributed by atoms with Gasteiger partial charge < -0.3 is 24.4 Å². The molecule has 154 valence electrons. The van der Waals surface area contributed by atoms with Gasteiger partial charge >= 0.3 is 0 Å². The monoisotopic (exact) mass is 398 g/mol. The van der Waals surface area contributed by atoms with Crippen molar-refractivity contribution in [2.24, 2.45) is 0 Å². The first-order valence-electron chi connectivity index (χ1n) is 9.63. The lowest BCUT2D eigenvalue weighted by atomic mass is 10.2. The van der Waals surface area contributed by atoms with Gasteiger partial charge in [0.25, 0.3) is 5.91 Å². The fraction of sp³-hybridized carbons (Fsp3) is 0.364. The number of methoxy groups -OCH3 is 1. The van der Waals surface area contributed by atoms with Crippen molar-refractivity contribution >= 4 is 23.2 Å². The Balaban J connectivity index is 1.57. The summed E-state index contributed by atoms with van der Waals surface area (Å²) in [5, 5.41) is 2.75. The largest absolute Gasteiger partial charge is 0.493 e. The van der Waals surface area contributed by atoms with E-state index in [0.29, 0.717) is 30.3 Å². The Morgan fingerprint density at radius 1 is 1.21 bits per heavy atom. The van der Waals surface area contributed by atoms with Gasteiger partial charge in [0, 0.05) is 19.3 Å². The van der Waals surface area contributed by atoms with Crippen LogP contribution in [0.15, 0.2) is 42.5 Å². The summed E-state index contributed by atoms with van der Waals surface area (Å²) in [6.07, 6.45) is 1.61. The molecule has 0 unspecified atom stereocenters. The van der Waals surface area contributed by atoms with Crippen molar-refractivity contribution in [2.75, 3.05) is 43.7 Å². The number of carbonyl (C=O) groups is 2. The molecule has 7 nitrogen and oxygen atoms in total. The van der Waals surface area contributed by atoms with E-state index < -0.39 is 0 Å². The summed E-state index contributed by atoms with van der Waals surface area (Å²) in [5.41, 5.74) is 2.36. The SMILES string of the molecule is COCC(=O)Nc1ccc2c(c1)N(CCCCOc1ccccc1C)C(=O)CO2. The van der Waals surface area contributed by atoms with Crippen molar-refractivity contribution in [3.05, 3.63) is 48.0 Å². The summed E-state index contributed by atoms with van der Waals surface area (Å²) in [5.74, 6) is 1.16. The fourth-order valence-corrected chi connectivity index (χ4v) is 3.13. The summed E-state index contributed by atoms with van der Waals surface area (Å²) in [6, 6.07) is 13.2. The summed E-state index contributed by atoms with van der Waals surface area (Å²) in [6.45, 7) is 3.14. The summed E-state index contributed by atoms with van der Waals surface area (Å²) in [7, 11) is 1.46. The molecule has 1 N–H and O–H groups in total. The Kier molecular flexibility index (Phi) is 7.08. The van der Waals surface area contributed by atoms with Gasteiger partial charge in [0.1, 0.15) is 18.1 Å². The topological polar surface area (TPSA) is 77.1 Å². The molecule has 29 heavy (non-hydrogen) atoms. The average molecular weight is 398 g/mol. The number of amides is 2. The van der Waals surface area contributed by atoms with E-state index in [2.05, 4.69) is 5.32 Å². The number of ether oxygens (including phenoxy) is 3. The van der Waals surface area contributed by atoms with E-state index in [1.165, 1.54) is 7.11 Å². The molecule has 1 heterocycles. The number of unbranched alkanes of at least 4 members (excludes halogenated alkanes) is 1. The first kappa shape index (κ1) is 20.7. The highest BCUT2D eigenvalue weighted by Gasteiger charge is 2.25. The lowest BCUT2D eigenvalue weighted by molar-refractivity contribution is -0.121. The zero-order valence-electron chi connectivity index (χ0n) is 16.8. The molecule has 0 fully saturated rings. The number of rotatable bonds is 9. The van der Waals surface area contributed by atoms with Crippen LogP contribution in [0.5, 0.6) is 11.5 Å². The molecular formula is C22H26N2O5. The second-order valence-electron chi connectivity index (χ2n) is 6.82. The molecule has 0 spiro atoms. The molecule has 0 saturated carbocycles. The second kappa shape index (κ2) is 9.93. The number of hydrogen-bond donors (Lipinski definition) is 1. The highest BCUT2D eigenvalue weighted by Crippen LogP contribution is 2.34. The highest BCUT2D eigenvalue weighted by molar-refractivity contribution is 5.99. The van der Waals surface area contributed by atoms with Crippen LogP contribution in [0.3, 0.4) is 0 Å². The van der Waals surface area contributed by atoms with Gasteiger partial charge in [0.15, 0.2) is 6.61 Å². The van der Waals surface area contributed by atoms with Crippen LogP contribution in [0.1, 0.15) is 18.4 Å². The Hall–Kier alpha value is -3.06. The lowest BCUT2D eigenvalue weighted by Gasteiger charge is -2.30. The standard InChI is InChI=1S/C22H26N2O5/c1-16-7-3-4-8-19(16)28-12-6-5-11-24-18-13-17(23-21(25)14-27-2)9-10-20(18)29-15-22(24)26/h3-4,7-10,13H,5-6,11-12,14-15H2,1-2H3,(H,23,25). The quantitative estimate of drug-likeness (QED) is 0.657. The molecule has 0 atom stereocenters. The predicted octanol–water partition coefficient (Wildman–Crippen LogP) is 3.16. The minimum Gasteiger partial charge on any atom is -0.493 e. The van der Waals surface area contributed by atoms with Crippen molar-refractivity contribution in [3.63, 3.8) is 0 Å². The van der Waals surface area contributed by atoms with Crippen LogP contribution >= 0.6 is 0 Å². The molecule has 2 amide bonds. The Bertz CT molecular complexity index is 868. The third kappa shape index (κ3) is 5.48. The van der Waals surface area contributed by atoms with Crippen LogP contribution in [0.2, 0.25) is 0 Å². The first-order chi connectivity index (χ1) is 14.1. The summed E-state index contributed by atoms with van der Waals surface area (Å²) < 4.78 is 16.2. The van der Waals surface area contributed by atoms with Crippen LogP contribution in [0, 0.1) is 6.92 Å². The van der Waals surface area contributed by atoms with Crippen molar-refractivity contribution < 1.29 is 23.8 Å². The Morgan fingerprint density at radius 2 is 2.03 bits per heavy atom. The number of fused-ring (bicyclic) bond motifs is 1. The van der Waals surface area contributed by atoms with Crippen molar-refractivity contribution in [3.8, 4) is 11.5 Å². The van der Waals surface area contributed by atoms with E-state index in [1.807, 2.05) is 31.2 Å². The number of nitrogens with zero attached hydrogens (tertiary/aromatic N) is 1. The second-order valence-corrected chi connectivity index (χ2v) is 6.82. The van der Waals surface area contributed by atoms with Gasteiger partial charge in [-0.3, -0.25) is 9.59 Å². The maximum absolute atomic E-state index is 12.4. The van der Waals surface area contributed by atoms with Crippen molar-refractivity contribution in [1.82, 2.24) is 0 Å². The van der Waals surface area contributed by atoms with Gasteiger partial charge in [-0.05, 0) is 49.6 Å². The van der Waals surface area contributed by atoms with Crippen LogP contribution in [0.4, 0.5) is 11.4 Å². The maximum Gasteiger partial charge on any atom is 0.265 e. The number of nitrogens with one attached hydrogen (secondary N) is 1. The van der Waals surface area contributed by atoms with Crippen LogP contribution in [-0.4, -0.2) is 45.3 Å². The van der Waals surface area contributed by atoms with Crippen LogP contribution < -0.4 is 19.7 Å². The zero-order chi connectivity index (χ0) is 20.6. The fourth-order valence-electron chi connectivity index (χ4n) is 3.13. The van der Waals surface area contributed by atoms with Crippen LogP contribution in [-0.2, 0) is 14.3 Å². The van der Waals surface area contributed by atoms with Gasteiger partial charge in [-0.15, -0.1) is 0 Å². The van der Waals surface area contributed by atoms with Crippen molar-refractivity contribution in [1.29, 1.82) is 0 Å². The van der Waals surface area contributed by atoms with E-state index in [0.717, 1.165) is 24.2 Å². The smallest absolute Gasteiger partial charge is 0.265 e. The normalized spacial score (nSPS) is 12.9. The molecule has 1 aliphatic rings. The van der Waals surface area contributed by atoms with E-state index in [4.69, 9.17) is 14.2 Å². The van der Waals surface area contributed by atoms with Gasteiger partial charge in [0.05, 0.1) is 12.3 Å². The van der Waals surface area contributed by atoms with Gasteiger partial charge in [-0.1, -0.05) is 18.2 Å². The zero-order valence-corrected chi connectivity index (χ0v) is 16.8. The third-order valence-corrected chi connectivity index (χ3v) is 4.59. The molecule has 3 rings (SSSR count). The average Bonchev–Trinajstić information content (AvgIpc) is 2.70. The molecule has 7 heteroatoms. The predicted molar refractivity (Wildman–Crippen MR) is 111 cm³/mol. The highest BCUT2D eigenvalue weighted by atomic mass is 16.5. The Labute approximate surface area is 170 Å². The molecule has 0 saturated heterocycles. The van der Waals surface area contributed by atoms with Gasteiger partial charge in [-0.25, -0.2) is 0 Å². The molecule has 0 bridgehead atoms. The minimum absolute atomic E-state index is 0.0160. The summed E-state index contributed by atoms with van der Waals surface area (Å²) in [4.78, 5) is 25.8. The molecule has 0 aliphatic carbocycles. The molecular weight excluding hydrogens is 372 g/mol. The molecule has 2 aromatic carbocycles. The minimum atomic E-state index is -0.254. The van der Waals surface area contributed by atoms with E-state index in [-0.39, 0.29) is 25.0 Å². The number of aryl methyl sites for hydroxylation is 1. The van der Waals surface area contributed by atoms with Gasteiger partial charge in [-0.2, -0.15) is 0 Å². The van der Waals surface area contributed by atoms with E-state index in [1.54, 1.807) is 23.1 Å². The number of hydrogen-bond acceptors (Lipinski definition) is 5. The molecule has 2 aromatic rings. The van der Waals surface area contributed by atoms with Crippen LogP contribution in [0.25, 0.3) is 0 Å². The molecule has 1 aliphatic heterocycles. The van der Waals surface area contributed by atoms with Gasteiger partial charge in [0.2, 0.25) is 5.91 Å². The summed E-state index contributed by atoms with van der Waals surface area (Å²) >= 11 is 0. The van der Waals surface area contributed by atoms with Crippen molar-refractivity contribution in [2.45, 2.75) is 19.8 Å². The number of para-hydroxylation sites is 1. The Morgan fingerprint density at radius 3 is 2.83 bits per heavy atom. The third-order valence-electron chi connectivity index (χ3n) is 4.59. The first-order valence-corrected chi connectivity index (χ1v) is 9.63. The van der Waals surface area contributed by atoms with E-state index in [9.17, 15) is 9.59 Å². The number of anilines is 2. The number of benzene rings is 2. The molecule has 0 radical (unpaired) electrons. The number of carbonyl (C=O) groups excluding carboxylic acids is 2. The molecule has 0 aromatic heterocycles. The maximum atomic E-state index is 12.4. The lowest BCUT2D eigenvalue weighted by Crippen LogP contribution is -2.39. The van der Waals surface area contributed by atoms with E-state index >= 15 is 0 Å².